The van der Waals surface area contributed by atoms with Crippen molar-refractivity contribution in [2.75, 3.05) is 23.7 Å². The Bertz CT molecular complexity index is 944. The van der Waals surface area contributed by atoms with E-state index in [0.717, 1.165) is 5.69 Å². The highest BCUT2D eigenvalue weighted by molar-refractivity contribution is 7.92. The van der Waals surface area contributed by atoms with Gasteiger partial charge < -0.3 is 9.32 Å². The normalized spacial score (nSPS) is 11.6. The first-order valence-electron chi connectivity index (χ1n) is 7.02. The van der Waals surface area contributed by atoms with Crippen LogP contribution in [0, 0.1) is 6.92 Å². The molecule has 3 aromatic rings. The van der Waals surface area contributed by atoms with Crippen LogP contribution < -0.4 is 9.62 Å². The van der Waals surface area contributed by atoms with Gasteiger partial charge >= 0.3 is 0 Å². The van der Waals surface area contributed by atoms with Crippen LogP contribution in [0.4, 0.5) is 11.4 Å². The number of hydrogen-bond donors (Lipinski definition) is 1. The second-order valence-electron chi connectivity index (χ2n) is 5.41. The van der Waals surface area contributed by atoms with Crippen LogP contribution in [0.15, 0.2) is 51.8 Å². The Morgan fingerprint density at radius 3 is 2.43 bits per heavy atom. The van der Waals surface area contributed by atoms with E-state index in [2.05, 4.69) is 9.71 Å². The van der Waals surface area contributed by atoms with Gasteiger partial charge in [0, 0.05) is 38.5 Å². The van der Waals surface area contributed by atoms with Gasteiger partial charge in [-0.25, -0.2) is 13.4 Å². The first kappa shape index (κ1) is 15.4. The van der Waals surface area contributed by atoms with Gasteiger partial charge in [-0.1, -0.05) is 0 Å². The highest BCUT2D eigenvalue weighted by Gasteiger charge is 2.16. The number of rotatable bonds is 4. The van der Waals surface area contributed by atoms with Crippen molar-refractivity contribution in [2.45, 2.75) is 11.8 Å². The zero-order valence-corrected chi connectivity index (χ0v) is 13.9. The lowest BCUT2D eigenvalue weighted by Crippen LogP contribution is -2.13. The Labute approximate surface area is 134 Å². The molecule has 0 aliphatic heterocycles. The van der Waals surface area contributed by atoms with Gasteiger partial charge in [0.1, 0.15) is 5.52 Å². The van der Waals surface area contributed by atoms with Crippen molar-refractivity contribution < 1.29 is 12.8 Å². The quantitative estimate of drug-likeness (QED) is 0.795. The molecule has 0 bridgehead atoms. The molecule has 0 amide bonds. The van der Waals surface area contributed by atoms with Crippen LogP contribution in [0.1, 0.15) is 5.89 Å². The number of benzene rings is 2. The first-order chi connectivity index (χ1) is 10.8. The van der Waals surface area contributed by atoms with Crippen molar-refractivity contribution in [1.29, 1.82) is 0 Å². The van der Waals surface area contributed by atoms with Gasteiger partial charge in [-0.05, 0) is 36.4 Å². The number of nitrogens with zero attached hydrogens (tertiary/aromatic N) is 2. The molecule has 0 atom stereocenters. The number of fused-ring (bicyclic) bond motifs is 1. The van der Waals surface area contributed by atoms with E-state index in [9.17, 15) is 8.42 Å². The average molecular weight is 331 g/mol. The van der Waals surface area contributed by atoms with Gasteiger partial charge in [-0.2, -0.15) is 0 Å². The molecule has 23 heavy (non-hydrogen) atoms. The Balaban J connectivity index is 1.90. The van der Waals surface area contributed by atoms with E-state index >= 15 is 0 Å². The van der Waals surface area contributed by atoms with Crippen molar-refractivity contribution in [3.8, 4) is 0 Å². The van der Waals surface area contributed by atoms with Gasteiger partial charge in [-0.3, -0.25) is 4.72 Å². The number of aromatic nitrogens is 1. The maximum atomic E-state index is 12.5. The maximum absolute atomic E-state index is 12.5. The van der Waals surface area contributed by atoms with Crippen LogP contribution in [-0.2, 0) is 10.0 Å². The van der Waals surface area contributed by atoms with Crippen molar-refractivity contribution in [3.05, 3.63) is 48.4 Å². The van der Waals surface area contributed by atoms with Crippen LogP contribution in [-0.4, -0.2) is 27.5 Å². The number of anilines is 2. The summed E-state index contributed by atoms with van der Waals surface area (Å²) in [6.45, 7) is 1.72. The van der Waals surface area contributed by atoms with E-state index in [0.29, 0.717) is 22.7 Å². The zero-order chi connectivity index (χ0) is 16.6. The van der Waals surface area contributed by atoms with Crippen LogP contribution in [0.2, 0.25) is 0 Å². The molecular weight excluding hydrogens is 314 g/mol. The molecule has 0 aliphatic carbocycles. The van der Waals surface area contributed by atoms with E-state index in [4.69, 9.17) is 4.42 Å². The zero-order valence-electron chi connectivity index (χ0n) is 13.1. The van der Waals surface area contributed by atoms with Crippen LogP contribution in [0.3, 0.4) is 0 Å². The summed E-state index contributed by atoms with van der Waals surface area (Å²) in [5.41, 5.74) is 2.58. The minimum absolute atomic E-state index is 0.137. The van der Waals surface area contributed by atoms with Crippen LogP contribution in [0.25, 0.3) is 11.1 Å². The molecule has 0 saturated carbocycles. The van der Waals surface area contributed by atoms with Gasteiger partial charge in [0.25, 0.3) is 10.0 Å². The number of hydrogen-bond acceptors (Lipinski definition) is 5. The third-order valence-corrected chi connectivity index (χ3v) is 4.79. The molecule has 3 rings (SSSR count). The molecule has 0 spiro atoms. The predicted molar refractivity (Wildman–Crippen MR) is 90.3 cm³/mol. The van der Waals surface area contributed by atoms with Crippen LogP contribution >= 0.6 is 0 Å². The maximum Gasteiger partial charge on any atom is 0.262 e. The van der Waals surface area contributed by atoms with Gasteiger partial charge in [0.05, 0.1) is 4.90 Å². The molecular formula is C16H17N3O3S. The fourth-order valence-electron chi connectivity index (χ4n) is 2.23. The monoisotopic (exact) mass is 331 g/mol. The van der Waals surface area contributed by atoms with Gasteiger partial charge in [0.2, 0.25) is 0 Å². The minimum atomic E-state index is -3.68. The molecule has 7 heteroatoms. The van der Waals surface area contributed by atoms with E-state index in [-0.39, 0.29) is 4.90 Å². The summed E-state index contributed by atoms with van der Waals surface area (Å²) in [7, 11) is 0.169. The molecule has 0 saturated heterocycles. The summed E-state index contributed by atoms with van der Waals surface area (Å²) in [6, 6.07) is 11.8. The lowest BCUT2D eigenvalue weighted by molar-refractivity contribution is 0.559. The Hall–Kier alpha value is -2.54. The standard InChI is InChI=1S/C16H17N3O3S/c1-11-17-15-9-8-14(10-16(15)22-11)23(20,21)18-12-4-6-13(7-5-12)19(2)3/h4-10,18H,1-3H3. The highest BCUT2D eigenvalue weighted by atomic mass is 32.2. The largest absolute Gasteiger partial charge is 0.441 e. The van der Waals surface area contributed by atoms with Crippen molar-refractivity contribution in [2.24, 2.45) is 0 Å². The Morgan fingerprint density at radius 1 is 1.09 bits per heavy atom. The topological polar surface area (TPSA) is 75.4 Å². The third kappa shape index (κ3) is 3.14. The molecule has 1 heterocycles. The summed E-state index contributed by atoms with van der Waals surface area (Å²) < 4.78 is 32.9. The number of aryl methyl sites for hydroxylation is 1. The first-order valence-corrected chi connectivity index (χ1v) is 8.51. The van der Waals surface area contributed by atoms with E-state index < -0.39 is 10.0 Å². The lowest BCUT2D eigenvalue weighted by atomic mass is 10.3. The SMILES string of the molecule is Cc1nc2ccc(S(=O)(=O)Nc3ccc(N(C)C)cc3)cc2o1. The predicted octanol–water partition coefficient (Wildman–Crippen LogP) is 3.00. The van der Waals surface area contributed by atoms with Crippen molar-refractivity contribution in [3.63, 3.8) is 0 Å². The second kappa shape index (κ2) is 5.58. The molecule has 2 aromatic carbocycles. The van der Waals surface area contributed by atoms with Crippen molar-refractivity contribution in [1.82, 2.24) is 4.98 Å². The Morgan fingerprint density at radius 2 is 1.78 bits per heavy atom. The highest BCUT2D eigenvalue weighted by Crippen LogP contribution is 2.23. The van der Waals surface area contributed by atoms with Gasteiger partial charge in [0.15, 0.2) is 11.5 Å². The smallest absolute Gasteiger partial charge is 0.262 e. The summed E-state index contributed by atoms with van der Waals surface area (Å²) in [5.74, 6) is 0.502. The number of oxazole rings is 1. The van der Waals surface area contributed by atoms with Crippen molar-refractivity contribution >= 4 is 32.5 Å². The van der Waals surface area contributed by atoms with E-state index in [1.54, 1.807) is 25.1 Å². The molecule has 0 fully saturated rings. The molecule has 6 nitrogen and oxygen atoms in total. The van der Waals surface area contributed by atoms with Crippen LogP contribution in [0.5, 0.6) is 0 Å². The lowest BCUT2D eigenvalue weighted by Gasteiger charge is -2.13. The molecule has 0 radical (unpaired) electrons. The fourth-order valence-corrected chi connectivity index (χ4v) is 3.30. The second-order valence-corrected chi connectivity index (χ2v) is 7.09. The summed E-state index contributed by atoms with van der Waals surface area (Å²) >= 11 is 0. The number of nitrogens with one attached hydrogen (secondary N) is 1. The minimum Gasteiger partial charge on any atom is -0.441 e. The summed E-state index contributed by atoms with van der Waals surface area (Å²) in [5, 5.41) is 0. The number of sulfonamides is 1. The summed E-state index contributed by atoms with van der Waals surface area (Å²) in [6.07, 6.45) is 0. The van der Waals surface area contributed by atoms with E-state index in [1.165, 1.54) is 12.1 Å². The molecule has 0 unspecified atom stereocenters. The molecule has 120 valence electrons. The molecule has 1 N–H and O–H groups in total. The fraction of sp³-hybridized carbons (Fsp3) is 0.188. The molecule has 1 aromatic heterocycles. The van der Waals surface area contributed by atoms with Gasteiger partial charge in [-0.15, -0.1) is 0 Å². The van der Waals surface area contributed by atoms with E-state index in [1.807, 2.05) is 31.1 Å². The Kier molecular flexibility index (Phi) is 3.73. The molecule has 0 aliphatic rings. The average Bonchev–Trinajstić information content (AvgIpc) is 2.86. The third-order valence-electron chi connectivity index (χ3n) is 3.41. The summed E-state index contributed by atoms with van der Waals surface area (Å²) in [4.78, 5) is 6.24.